The van der Waals surface area contributed by atoms with Crippen molar-refractivity contribution in [2.45, 2.75) is 117 Å². The highest BCUT2D eigenvalue weighted by atomic mass is 16.5. The van der Waals surface area contributed by atoms with Crippen LogP contribution in [0.5, 0.6) is 11.5 Å². The maximum atomic E-state index is 12.3. The summed E-state index contributed by atoms with van der Waals surface area (Å²) in [6.07, 6.45) is 19.4. The van der Waals surface area contributed by atoms with Crippen molar-refractivity contribution in [2.75, 3.05) is 6.61 Å². The SMILES string of the molecule is CCCCCCCCCCCCCCCC(=O)c1ccc(OCCCC)cc1O. The van der Waals surface area contributed by atoms with Crippen LogP contribution in [0.15, 0.2) is 18.2 Å². The molecule has 0 spiro atoms. The molecule has 0 saturated heterocycles. The number of phenolic OH excluding ortho intramolecular Hbond substituents is 1. The number of aromatic hydroxyl groups is 1. The predicted octanol–water partition coefficient (Wildman–Crippen LogP) is 8.24. The Morgan fingerprint density at radius 2 is 1.28 bits per heavy atom. The van der Waals surface area contributed by atoms with E-state index < -0.39 is 0 Å². The first kappa shape index (κ1) is 25.5. The van der Waals surface area contributed by atoms with Crippen LogP contribution in [0.4, 0.5) is 0 Å². The van der Waals surface area contributed by atoms with Gasteiger partial charge in [-0.2, -0.15) is 0 Å². The second kappa shape index (κ2) is 17.4. The van der Waals surface area contributed by atoms with Crippen LogP contribution in [0.25, 0.3) is 0 Å². The minimum Gasteiger partial charge on any atom is -0.507 e. The molecular weight excluding hydrogens is 360 g/mol. The molecule has 0 aliphatic carbocycles. The molecule has 3 heteroatoms. The molecule has 0 heterocycles. The number of Topliss-reactive ketones (excluding diaryl/α,β-unsaturated/α-hetero) is 1. The lowest BCUT2D eigenvalue weighted by molar-refractivity contribution is 0.0976. The summed E-state index contributed by atoms with van der Waals surface area (Å²) >= 11 is 0. The maximum Gasteiger partial charge on any atom is 0.166 e. The fourth-order valence-corrected chi connectivity index (χ4v) is 3.61. The van der Waals surface area contributed by atoms with Crippen LogP contribution in [0, 0.1) is 0 Å². The van der Waals surface area contributed by atoms with Crippen LogP contribution in [-0.4, -0.2) is 17.5 Å². The highest BCUT2D eigenvalue weighted by Gasteiger charge is 2.12. The molecule has 0 fully saturated rings. The van der Waals surface area contributed by atoms with Gasteiger partial charge in [-0.1, -0.05) is 97.3 Å². The number of phenols is 1. The Morgan fingerprint density at radius 3 is 1.79 bits per heavy atom. The lowest BCUT2D eigenvalue weighted by Crippen LogP contribution is -2.01. The normalized spacial score (nSPS) is 11.0. The zero-order valence-corrected chi connectivity index (χ0v) is 19.0. The number of carbonyl (C=O) groups is 1. The van der Waals surface area contributed by atoms with Crippen LogP contribution in [0.1, 0.15) is 127 Å². The summed E-state index contributed by atoms with van der Waals surface area (Å²) in [7, 11) is 0. The van der Waals surface area contributed by atoms with Crippen molar-refractivity contribution >= 4 is 5.78 Å². The molecule has 166 valence electrons. The Balaban J connectivity index is 2.05. The monoisotopic (exact) mass is 404 g/mol. The second-order valence-electron chi connectivity index (χ2n) is 8.30. The Hall–Kier alpha value is -1.51. The van der Waals surface area contributed by atoms with Crippen molar-refractivity contribution in [1.29, 1.82) is 0 Å². The molecule has 0 radical (unpaired) electrons. The standard InChI is InChI=1S/C26H44O3/c1-3-5-7-8-9-10-11-12-13-14-15-16-17-18-25(27)24-20-19-23(22-26(24)28)29-21-6-4-2/h19-20,22,28H,3-18,21H2,1-2H3. The van der Waals surface area contributed by atoms with Gasteiger partial charge in [0.1, 0.15) is 11.5 Å². The van der Waals surface area contributed by atoms with E-state index in [0.717, 1.165) is 25.7 Å². The van der Waals surface area contributed by atoms with E-state index in [1.807, 2.05) is 0 Å². The quantitative estimate of drug-likeness (QED) is 0.186. The lowest BCUT2D eigenvalue weighted by atomic mass is 10.0. The number of hydrogen-bond donors (Lipinski definition) is 1. The van der Waals surface area contributed by atoms with Gasteiger partial charge < -0.3 is 9.84 Å². The van der Waals surface area contributed by atoms with E-state index in [4.69, 9.17) is 4.74 Å². The van der Waals surface area contributed by atoms with Gasteiger partial charge in [0.15, 0.2) is 5.78 Å². The van der Waals surface area contributed by atoms with Gasteiger partial charge in [-0.25, -0.2) is 0 Å². The van der Waals surface area contributed by atoms with Gasteiger partial charge in [0.25, 0.3) is 0 Å². The molecule has 0 unspecified atom stereocenters. The van der Waals surface area contributed by atoms with Gasteiger partial charge in [0.05, 0.1) is 12.2 Å². The Labute approximate surface area is 179 Å². The van der Waals surface area contributed by atoms with Crippen LogP contribution >= 0.6 is 0 Å². The summed E-state index contributed by atoms with van der Waals surface area (Å²) < 4.78 is 5.57. The third-order valence-electron chi connectivity index (χ3n) is 5.54. The summed E-state index contributed by atoms with van der Waals surface area (Å²) in [5, 5.41) is 10.1. The summed E-state index contributed by atoms with van der Waals surface area (Å²) in [6, 6.07) is 5.04. The van der Waals surface area contributed by atoms with Crippen LogP contribution in [0.3, 0.4) is 0 Å². The molecule has 1 N–H and O–H groups in total. The molecule has 0 bridgehead atoms. The molecule has 1 aromatic rings. The predicted molar refractivity (Wildman–Crippen MR) is 123 cm³/mol. The van der Waals surface area contributed by atoms with E-state index in [1.165, 1.54) is 70.6 Å². The molecule has 1 rings (SSSR count). The molecule has 1 aromatic carbocycles. The van der Waals surface area contributed by atoms with Gasteiger partial charge >= 0.3 is 0 Å². The van der Waals surface area contributed by atoms with Crippen molar-refractivity contribution in [3.8, 4) is 11.5 Å². The van der Waals surface area contributed by atoms with E-state index >= 15 is 0 Å². The summed E-state index contributed by atoms with van der Waals surface area (Å²) in [5.74, 6) is 0.706. The van der Waals surface area contributed by atoms with E-state index in [0.29, 0.717) is 24.3 Å². The maximum absolute atomic E-state index is 12.3. The zero-order chi connectivity index (χ0) is 21.2. The molecule has 0 saturated carbocycles. The first-order valence-corrected chi connectivity index (χ1v) is 12.2. The molecule has 0 amide bonds. The Morgan fingerprint density at radius 1 is 0.759 bits per heavy atom. The first-order valence-electron chi connectivity index (χ1n) is 12.2. The van der Waals surface area contributed by atoms with Crippen LogP contribution < -0.4 is 4.74 Å². The number of ketones is 1. The van der Waals surface area contributed by atoms with E-state index in [-0.39, 0.29) is 11.5 Å². The Kier molecular flexibility index (Phi) is 15.3. The first-order chi connectivity index (χ1) is 14.2. The molecule has 0 aromatic heterocycles. The number of carbonyl (C=O) groups excluding carboxylic acids is 1. The molecule has 0 aliphatic rings. The number of hydrogen-bond acceptors (Lipinski definition) is 3. The molecular formula is C26H44O3. The molecule has 29 heavy (non-hydrogen) atoms. The lowest BCUT2D eigenvalue weighted by Gasteiger charge is -2.08. The van der Waals surface area contributed by atoms with Crippen molar-refractivity contribution in [3.63, 3.8) is 0 Å². The van der Waals surface area contributed by atoms with Crippen molar-refractivity contribution in [3.05, 3.63) is 23.8 Å². The van der Waals surface area contributed by atoms with E-state index in [9.17, 15) is 9.90 Å². The van der Waals surface area contributed by atoms with E-state index in [2.05, 4.69) is 13.8 Å². The molecule has 0 atom stereocenters. The van der Waals surface area contributed by atoms with Crippen molar-refractivity contribution in [1.82, 2.24) is 0 Å². The fourth-order valence-electron chi connectivity index (χ4n) is 3.61. The minimum atomic E-state index is 0.0330. The highest BCUT2D eigenvalue weighted by Crippen LogP contribution is 2.25. The van der Waals surface area contributed by atoms with Gasteiger partial charge in [-0.15, -0.1) is 0 Å². The van der Waals surface area contributed by atoms with Crippen molar-refractivity contribution in [2.24, 2.45) is 0 Å². The molecule has 0 aliphatic heterocycles. The number of unbranched alkanes of at least 4 members (excludes halogenated alkanes) is 13. The van der Waals surface area contributed by atoms with Crippen LogP contribution in [0.2, 0.25) is 0 Å². The topological polar surface area (TPSA) is 46.5 Å². The number of rotatable bonds is 19. The van der Waals surface area contributed by atoms with Crippen molar-refractivity contribution < 1.29 is 14.6 Å². The average Bonchev–Trinajstić information content (AvgIpc) is 2.71. The summed E-state index contributed by atoms with van der Waals surface area (Å²) in [4.78, 5) is 12.3. The van der Waals surface area contributed by atoms with Gasteiger partial charge in [0, 0.05) is 12.5 Å². The summed E-state index contributed by atoms with van der Waals surface area (Å²) in [6.45, 7) is 5.02. The van der Waals surface area contributed by atoms with Crippen LogP contribution in [-0.2, 0) is 0 Å². The fraction of sp³-hybridized carbons (Fsp3) is 0.731. The average molecular weight is 405 g/mol. The van der Waals surface area contributed by atoms with Gasteiger partial charge in [-0.3, -0.25) is 4.79 Å². The molecule has 3 nitrogen and oxygen atoms in total. The largest absolute Gasteiger partial charge is 0.507 e. The Bertz CT molecular complexity index is 539. The van der Waals surface area contributed by atoms with E-state index in [1.54, 1.807) is 18.2 Å². The second-order valence-corrected chi connectivity index (χ2v) is 8.30. The number of ether oxygens (including phenoxy) is 1. The summed E-state index contributed by atoms with van der Waals surface area (Å²) in [5.41, 5.74) is 0.423. The number of benzene rings is 1. The third-order valence-corrected chi connectivity index (χ3v) is 5.54. The van der Waals surface area contributed by atoms with Gasteiger partial charge in [-0.05, 0) is 25.0 Å². The zero-order valence-electron chi connectivity index (χ0n) is 19.0. The smallest absolute Gasteiger partial charge is 0.166 e. The highest BCUT2D eigenvalue weighted by molar-refractivity contribution is 5.98. The van der Waals surface area contributed by atoms with Gasteiger partial charge in [0.2, 0.25) is 0 Å². The minimum absolute atomic E-state index is 0.0330. The third kappa shape index (κ3) is 12.6.